The van der Waals surface area contributed by atoms with E-state index in [2.05, 4.69) is 10.3 Å². The van der Waals surface area contributed by atoms with Gasteiger partial charge in [0.1, 0.15) is 12.4 Å². The molecule has 0 saturated heterocycles. The van der Waals surface area contributed by atoms with Crippen molar-refractivity contribution < 1.29 is 19.0 Å². The monoisotopic (exact) mass is 392 g/mol. The molecule has 3 rings (SSSR count). The van der Waals surface area contributed by atoms with Crippen molar-refractivity contribution in [3.8, 4) is 17.2 Å². The Morgan fingerprint density at radius 2 is 1.69 bits per heavy atom. The summed E-state index contributed by atoms with van der Waals surface area (Å²) in [5.41, 5.74) is 3.58. The molecule has 1 heterocycles. The molecule has 0 aliphatic carbocycles. The minimum Gasteiger partial charge on any atom is -0.493 e. The molecule has 150 valence electrons. The fraction of sp³-hybridized carbons (Fsp3) is 0.217. The lowest BCUT2D eigenvalue weighted by atomic mass is 10.1. The number of carbonyl (C=O) groups excluding carboxylic acids is 1. The van der Waals surface area contributed by atoms with Gasteiger partial charge in [0, 0.05) is 24.1 Å². The molecule has 29 heavy (non-hydrogen) atoms. The summed E-state index contributed by atoms with van der Waals surface area (Å²) in [5.74, 6) is 1.61. The van der Waals surface area contributed by atoms with Gasteiger partial charge in [-0.1, -0.05) is 18.2 Å². The van der Waals surface area contributed by atoms with Crippen LogP contribution in [0.5, 0.6) is 17.2 Å². The van der Waals surface area contributed by atoms with Crippen LogP contribution in [0, 0.1) is 13.8 Å². The summed E-state index contributed by atoms with van der Waals surface area (Å²) in [4.78, 5) is 16.3. The zero-order valence-corrected chi connectivity index (χ0v) is 16.8. The van der Waals surface area contributed by atoms with Crippen molar-refractivity contribution in [2.24, 2.45) is 0 Å². The average molecular weight is 392 g/mol. The maximum Gasteiger partial charge on any atom is 0.262 e. The molecule has 0 radical (unpaired) electrons. The molecule has 0 unspecified atom stereocenters. The third-order valence-electron chi connectivity index (χ3n) is 4.35. The number of anilines is 1. The highest BCUT2D eigenvalue weighted by atomic mass is 16.5. The van der Waals surface area contributed by atoms with Crippen LogP contribution >= 0.6 is 0 Å². The number of amides is 1. The van der Waals surface area contributed by atoms with Gasteiger partial charge < -0.3 is 19.5 Å². The molecule has 1 aromatic heterocycles. The molecule has 0 spiro atoms. The van der Waals surface area contributed by atoms with E-state index < -0.39 is 0 Å². The number of nitrogens with zero attached hydrogens (tertiary/aromatic N) is 1. The van der Waals surface area contributed by atoms with E-state index in [1.807, 2.05) is 44.2 Å². The predicted octanol–water partition coefficient (Wildman–Crippen LogP) is 4.30. The van der Waals surface area contributed by atoms with Gasteiger partial charge in [0.15, 0.2) is 18.1 Å². The average Bonchev–Trinajstić information content (AvgIpc) is 2.73. The molecular weight excluding hydrogens is 368 g/mol. The van der Waals surface area contributed by atoms with Crippen LogP contribution in [0.2, 0.25) is 0 Å². The van der Waals surface area contributed by atoms with Crippen molar-refractivity contribution >= 4 is 11.6 Å². The number of hydrogen-bond donors (Lipinski definition) is 1. The molecular formula is C23H24N2O4. The first kappa shape index (κ1) is 20.2. The Morgan fingerprint density at radius 3 is 2.38 bits per heavy atom. The van der Waals surface area contributed by atoms with Crippen LogP contribution in [0.15, 0.2) is 60.9 Å². The van der Waals surface area contributed by atoms with Crippen molar-refractivity contribution in [3.63, 3.8) is 0 Å². The van der Waals surface area contributed by atoms with Crippen molar-refractivity contribution in [1.82, 2.24) is 4.98 Å². The minimum atomic E-state index is -0.252. The number of methoxy groups -OCH3 is 1. The summed E-state index contributed by atoms with van der Waals surface area (Å²) in [6, 6.07) is 14.9. The molecule has 0 fully saturated rings. The van der Waals surface area contributed by atoms with Gasteiger partial charge in [0.05, 0.1) is 7.11 Å². The standard InChI is InChI=1S/C23H24N2O4/c1-16-5-4-6-17(2)23(16)29-15-22(26)25-19-7-8-20(27-3)21(13-19)28-14-18-9-11-24-12-10-18/h4-13H,14-15H2,1-3H3,(H,25,26). The predicted molar refractivity (Wildman–Crippen MR) is 112 cm³/mol. The number of aryl methyl sites for hydroxylation is 2. The van der Waals surface area contributed by atoms with Crippen LogP contribution < -0.4 is 19.5 Å². The Kier molecular flexibility index (Phi) is 6.68. The number of hydrogen-bond acceptors (Lipinski definition) is 5. The van der Waals surface area contributed by atoms with Crippen LogP contribution in [-0.4, -0.2) is 24.6 Å². The van der Waals surface area contributed by atoms with Gasteiger partial charge in [-0.3, -0.25) is 9.78 Å². The van der Waals surface area contributed by atoms with Crippen molar-refractivity contribution in [1.29, 1.82) is 0 Å². The number of nitrogens with one attached hydrogen (secondary N) is 1. The molecule has 6 nitrogen and oxygen atoms in total. The highest BCUT2D eigenvalue weighted by Crippen LogP contribution is 2.31. The highest BCUT2D eigenvalue weighted by Gasteiger charge is 2.11. The summed E-state index contributed by atoms with van der Waals surface area (Å²) >= 11 is 0. The first-order valence-electron chi connectivity index (χ1n) is 9.25. The van der Waals surface area contributed by atoms with E-state index in [9.17, 15) is 4.79 Å². The number of carbonyl (C=O) groups is 1. The van der Waals surface area contributed by atoms with Gasteiger partial charge >= 0.3 is 0 Å². The number of rotatable bonds is 8. The maximum atomic E-state index is 12.3. The van der Waals surface area contributed by atoms with Gasteiger partial charge in [-0.05, 0) is 54.8 Å². The Morgan fingerprint density at radius 1 is 0.966 bits per heavy atom. The van der Waals surface area contributed by atoms with Gasteiger partial charge in [-0.25, -0.2) is 0 Å². The second-order valence-corrected chi connectivity index (χ2v) is 6.57. The zero-order chi connectivity index (χ0) is 20.6. The summed E-state index contributed by atoms with van der Waals surface area (Å²) in [7, 11) is 1.57. The number of para-hydroxylation sites is 1. The Balaban J connectivity index is 1.63. The van der Waals surface area contributed by atoms with Crippen molar-refractivity contribution in [2.45, 2.75) is 20.5 Å². The molecule has 0 bridgehead atoms. The van der Waals surface area contributed by atoms with Crippen LogP contribution in [0.4, 0.5) is 5.69 Å². The van der Waals surface area contributed by atoms with Gasteiger partial charge in [-0.2, -0.15) is 0 Å². The normalized spacial score (nSPS) is 10.3. The topological polar surface area (TPSA) is 69.7 Å². The van der Waals surface area contributed by atoms with E-state index in [0.29, 0.717) is 23.8 Å². The largest absolute Gasteiger partial charge is 0.493 e. The fourth-order valence-corrected chi connectivity index (χ4v) is 2.87. The molecule has 6 heteroatoms. The third-order valence-corrected chi connectivity index (χ3v) is 4.35. The summed E-state index contributed by atoms with van der Waals surface area (Å²) in [5, 5.41) is 2.83. The first-order chi connectivity index (χ1) is 14.1. The van der Waals surface area contributed by atoms with E-state index >= 15 is 0 Å². The van der Waals surface area contributed by atoms with Gasteiger partial charge in [0.25, 0.3) is 5.91 Å². The zero-order valence-electron chi connectivity index (χ0n) is 16.8. The van der Waals surface area contributed by atoms with E-state index in [1.54, 1.807) is 37.7 Å². The van der Waals surface area contributed by atoms with Crippen molar-refractivity contribution in [3.05, 3.63) is 77.6 Å². The number of aromatic nitrogens is 1. The number of ether oxygens (including phenoxy) is 3. The lowest BCUT2D eigenvalue weighted by Gasteiger charge is -2.14. The lowest BCUT2D eigenvalue weighted by Crippen LogP contribution is -2.20. The van der Waals surface area contributed by atoms with E-state index in [-0.39, 0.29) is 12.5 Å². The summed E-state index contributed by atoms with van der Waals surface area (Å²) in [6.07, 6.45) is 3.42. The highest BCUT2D eigenvalue weighted by molar-refractivity contribution is 5.92. The SMILES string of the molecule is COc1ccc(NC(=O)COc2c(C)cccc2C)cc1OCc1ccncc1. The molecule has 3 aromatic rings. The molecule has 0 aliphatic rings. The molecule has 1 N–H and O–H groups in total. The van der Waals surface area contributed by atoms with E-state index in [1.165, 1.54) is 0 Å². The number of benzene rings is 2. The summed E-state index contributed by atoms with van der Waals surface area (Å²) < 4.78 is 16.9. The molecule has 0 aliphatic heterocycles. The third kappa shape index (κ3) is 5.48. The van der Waals surface area contributed by atoms with E-state index in [0.717, 1.165) is 22.4 Å². The smallest absolute Gasteiger partial charge is 0.262 e. The Hall–Kier alpha value is -3.54. The number of pyridine rings is 1. The van der Waals surface area contributed by atoms with Crippen LogP contribution in [0.1, 0.15) is 16.7 Å². The second kappa shape index (κ2) is 9.59. The van der Waals surface area contributed by atoms with Crippen molar-refractivity contribution in [2.75, 3.05) is 19.0 Å². The summed E-state index contributed by atoms with van der Waals surface area (Å²) in [6.45, 7) is 4.20. The van der Waals surface area contributed by atoms with Gasteiger partial charge in [-0.15, -0.1) is 0 Å². The second-order valence-electron chi connectivity index (χ2n) is 6.57. The fourth-order valence-electron chi connectivity index (χ4n) is 2.87. The van der Waals surface area contributed by atoms with Crippen LogP contribution in [0.3, 0.4) is 0 Å². The quantitative estimate of drug-likeness (QED) is 0.619. The minimum absolute atomic E-state index is 0.0784. The molecule has 2 aromatic carbocycles. The maximum absolute atomic E-state index is 12.3. The molecule has 0 saturated carbocycles. The molecule has 0 atom stereocenters. The lowest BCUT2D eigenvalue weighted by molar-refractivity contribution is -0.118. The first-order valence-corrected chi connectivity index (χ1v) is 9.25. The molecule has 1 amide bonds. The Labute approximate surface area is 170 Å². The van der Waals surface area contributed by atoms with Crippen LogP contribution in [-0.2, 0) is 11.4 Å². The van der Waals surface area contributed by atoms with Crippen LogP contribution in [0.25, 0.3) is 0 Å². The van der Waals surface area contributed by atoms with E-state index in [4.69, 9.17) is 14.2 Å². The van der Waals surface area contributed by atoms with Gasteiger partial charge in [0.2, 0.25) is 0 Å². The Bertz CT molecular complexity index is 954.